The third-order valence-electron chi connectivity index (χ3n) is 7.04. The molecular formula is C22H22ClF2N7O. The van der Waals surface area contributed by atoms with Crippen molar-refractivity contribution in [3.8, 4) is 0 Å². The van der Waals surface area contributed by atoms with Crippen molar-refractivity contribution in [3.63, 3.8) is 0 Å². The Labute approximate surface area is 193 Å². The first kappa shape index (κ1) is 20.6. The number of pyridine rings is 1. The Morgan fingerprint density at radius 3 is 2.79 bits per heavy atom. The van der Waals surface area contributed by atoms with Gasteiger partial charge in [0.2, 0.25) is 5.28 Å². The second-order valence-corrected chi connectivity index (χ2v) is 9.43. The second-order valence-electron chi connectivity index (χ2n) is 9.09. The van der Waals surface area contributed by atoms with E-state index in [4.69, 9.17) is 11.6 Å². The number of hydrogen-bond acceptors (Lipinski definition) is 5. The number of nitrogens with one attached hydrogen (secondary N) is 1. The van der Waals surface area contributed by atoms with Crippen LogP contribution in [-0.4, -0.2) is 49.0 Å². The number of carbonyl (C=O) groups is 1. The zero-order valence-corrected chi connectivity index (χ0v) is 18.6. The number of aryl methyl sites for hydroxylation is 1. The third-order valence-corrected chi connectivity index (χ3v) is 7.34. The number of alkyl halides is 2. The zero-order chi connectivity index (χ0) is 22.9. The summed E-state index contributed by atoms with van der Waals surface area (Å²) in [5, 5.41) is 3.20. The summed E-state index contributed by atoms with van der Waals surface area (Å²) in [5.41, 5.74) is 3.15. The molecule has 1 aliphatic heterocycles. The number of rotatable bonds is 5. The molecule has 4 heterocycles. The number of halogens is 3. The fourth-order valence-electron chi connectivity index (χ4n) is 5.06. The molecule has 2 unspecified atom stereocenters. The summed E-state index contributed by atoms with van der Waals surface area (Å²) in [4.78, 5) is 27.7. The Morgan fingerprint density at radius 2 is 2.06 bits per heavy atom. The highest BCUT2D eigenvalue weighted by Crippen LogP contribution is 2.59. The van der Waals surface area contributed by atoms with Gasteiger partial charge in [-0.05, 0) is 36.1 Å². The lowest BCUT2D eigenvalue weighted by Crippen LogP contribution is -2.28. The summed E-state index contributed by atoms with van der Waals surface area (Å²) in [6.07, 6.45) is 6.76. The van der Waals surface area contributed by atoms with Crippen LogP contribution in [0.15, 0.2) is 30.9 Å². The number of aromatic nitrogens is 5. The van der Waals surface area contributed by atoms with E-state index in [-0.39, 0.29) is 22.9 Å². The van der Waals surface area contributed by atoms with E-state index in [9.17, 15) is 13.6 Å². The molecule has 0 bridgehead atoms. The minimum absolute atomic E-state index is 0.133. The fraction of sp³-hybridized carbons (Fsp3) is 0.455. The van der Waals surface area contributed by atoms with Crippen LogP contribution in [0.3, 0.4) is 0 Å². The molecule has 1 saturated heterocycles. The molecular weight excluding hydrogens is 452 g/mol. The summed E-state index contributed by atoms with van der Waals surface area (Å²) in [5.74, 6) is -3.18. The zero-order valence-electron chi connectivity index (χ0n) is 17.9. The number of nitrogens with zero attached hydrogens (tertiary/aromatic N) is 6. The van der Waals surface area contributed by atoms with Crippen molar-refractivity contribution in [2.45, 2.75) is 31.4 Å². The van der Waals surface area contributed by atoms with Crippen molar-refractivity contribution in [1.29, 1.82) is 0 Å². The van der Waals surface area contributed by atoms with Crippen molar-refractivity contribution >= 4 is 23.3 Å². The Hall–Kier alpha value is -3.01. The van der Waals surface area contributed by atoms with Gasteiger partial charge >= 0.3 is 0 Å². The highest BCUT2D eigenvalue weighted by atomic mass is 35.5. The average Bonchev–Trinajstić information content (AvgIpc) is 3.39. The molecule has 0 spiro atoms. The molecule has 1 amide bonds. The number of piperidine rings is 1. The van der Waals surface area contributed by atoms with Crippen LogP contribution in [0.25, 0.3) is 0 Å². The first-order chi connectivity index (χ1) is 15.8. The van der Waals surface area contributed by atoms with Gasteiger partial charge in [-0.25, -0.2) is 23.7 Å². The second kappa shape index (κ2) is 7.24. The number of anilines is 1. The van der Waals surface area contributed by atoms with Crippen LogP contribution < -0.4 is 10.2 Å². The maximum atomic E-state index is 13.4. The van der Waals surface area contributed by atoms with E-state index in [2.05, 4.69) is 20.3 Å². The SMILES string of the molecule is Cn1cnc2c1CC[C@H]2NC(=O)c1cn(Cc2ccc(N3CC4C(C3)C4(F)F)nc2)c(Cl)n1. The van der Waals surface area contributed by atoms with Crippen LogP contribution in [0, 0.1) is 11.8 Å². The molecule has 2 fully saturated rings. The molecule has 3 aromatic rings. The Balaban J connectivity index is 1.10. The van der Waals surface area contributed by atoms with Crippen molar-refractivity contribution in [2.75, 3.05) is 18.0 Å². The Morgan fingerprint density at radius 1 is 1.27 bits per heavy atom. The van der Waals surface area contributed by atoms with Gasteiger partial charge in [-0.1, -0.05) is 6.07 Å². The van der Waals surface area contributed by atoms with E-state index in [1.54, 1.807) is 23.3 Å². The largest absolute Gasteiger partial charge is 0.356 e. The van der Waals surface area contributed by atoms with Gasteiger partial charge in [0.05, 0.1) is 36.4 Å². The maximum absolute atomic E-state index is 13.4. The molecule has 6 rings (SSSR count). The minimum atomic E-state index is -2.50. The first-order valence-corrected chi connectivity index (χ1v) is 11.3. The summed E-state index contributed by atoms with van der Waals surface area (Å²) in [6, 6.07) is 3.59. The van der Waals surface area contributed by atoms with Gasteiger partial charge in [0.15, 0.2) is 0 Å². The smallest absolute Gasteiger partial charge is 0.272 e. The van der Waals surface area contributed by atoms with Gasteiger partial charge < -0.3 is 19.4 Å². The van der Waals surface area contributed by atoms with Crippen molar-refractivity contribution in [2.24, 2.45) is 18.9 Å². The summed E-state index contributed by atoms with van der Waals surface area (Å²) in [6.45, 7) is 1.08. The molecule has 3 atom stereocenters. The van der Waals surface area contributed by atoms with Gasteiger partial charge in [0.25, 0.3) is 11.8 Å². The van der Waals surface area contributed by atoms with Crippen molar-refractivity contribution in [1.82, 2.24) is 29.4 Å². The van der Waals surface area contributed by atoms with Crippen molar-refractivity contribution in [3.05, 3.63) is 58.8 Å². The van der Waals surface area contributed by atoms with E-state index in [1.807, 2.05) is 28.6 Å². The molecule has 8 nitrogen and oxygen atoms in total. The lowest BCUT2D eigenvalue weighted by atomic mass is 10.2. The van der Waals surface area contributed by atoms with Gasteiger partial charge in [-0.2, -0.15) is 0 Å². The van der Waals surface area contributed by atoms with E-state index >= 15 is 0 Å². The number of fused-ring (bicyclic) bond motifs is 2. The maximum Gasteiger partial charge on any atom is 0.272 e. The van der Waals surface area contributed by atoms with Crippen LogP contribution in [-0.2, 0) is 20.0 Å². The monoisotopic (exact) mass is 473 g/mol. The van der Waals surface area contributed by atoms with Crippen LogP contribution in [0.2, 0.25) is 5.28 Å². The lowest BCUT2D eigenvalue weighted by molar-refractivity contribution is 0.0796. The fourth-order valence-corrected chi connectivity index (χ4v) is 5.26. The number of hydrogen-bond donors (Lipinski definition) is 1. The molecule has 11 heteroatoms. The van der Waals surface area contributed by atoms with E-state index in [1.165, 1.54) is 0 Å². The van der Waals surface area contributed by atoms with Gasteiger partial charge in [0.1, 0.15) is 11.5 Å². The number of imidazole rings is 2. The van der Waals surface area contributed by atoms with Crippen LogP contribution >= 0.6 is 11.6 Å². The van der Waals surface area contributed by atoms with Crippen LogP contribution in [0.4, 0.5) is 14.6 Å². The molecule has 3 aromatic heterocycles. The molecule has 3 aliphatic rings. The third kappa shape index (κ3) is 3.38. The normalized spacial score (nSPS) is 24.6. The first-order valence-electron chi connectivity index (χ1n) is 10.9. The Bertz CT molecular complexity index is 1220. The summed E-state index contributed by atoms with van der Waals surface area (Å²) < 4.78 is 30.5. The van der Waals surface area contributed by atoms with E-state index < -0.39 is 17.8 Å². The standard InChI is InChI=1S/C22H22ClF2N7O/c1-30-11-27-19-15(3-4-17(19)30)28-20(33)16-10-32(21(23)29-16)7-12-2-5-18(26-6-12)31-8-13-14(9-31)22(13,24)25/h2,5-6,10-11,13-15H,3-4,7-9H2,1H3,(H,28,33)/t13?,14?,15-/m1/s1. The van der Waals surface area contributed by atoms with Gasteiger partial charge in [-0.3, -0.25) is 4.79 Å². The molecule has 0 radical (unpaired) electrons. The minimum Gasteiger partial charge on any atom is -0.356 e. The van der Waals surface area contributed by atoms with Gasteiger partial charge in [0, 0.05) is 38.2 Å². The molecule has 0 aromatic carbocycles. The molecule has 33 heavy (non-hydrogen) atoms. The highest BCUT2D eigenvalue weighted by molar-refractivity contribution is 6.28. The topological polar surface area (TPSA) is 80.9 Å². The Kier molecular flexibility index (Phi) is 4.52. The summed E-state index contributed by atoms with van der Waals surface area (Å²) >= 11 is 6.28. The highest BCUT2D eigenvalue weighted by Gasteiger charge is 2.71. The van der Waals surface area contributed by atoms with Crippen LogP contribution in [0.1, 0.15) is 39.9 Å². The predicted octanol–water partition coefficient (Wildman–Crippen LogP) is 2.83. The number of carbonyl (C=O) groups excluding carboxylic acids is 1. The lowest BCUT2D eigenvalue weighted by Gasteiger charge is -2.20. The molecule has 1 N–H and O–H groups in total. The quantitative estimate of drug-likeness (QED) is 0.616. The molecule has 172 valence electrons. The van der Waals surface area contributed by atoms with Crippen molar-refractivity contribution < 1.29 is 13.6 Å². The number of amides is 1. The predicted molar refractivity (Wildman–Crippen MR) is 116 cm³/mol. The van der Waals surface area contributed by atoms with E-state index in [0.717, 1.165) is 29.8 Å². The molecule has 1 saturated carbocycles. The molecule has 2 aliphatic carbocycles. The van der Waals surface area contributed by atoms with Gasteiger partial charge in [-0.15, -0.1) is 0 Å². The average molecular weight is 474 g/mol. The van der Waals surface area contributed by atoms with Crippen LogP contribution in [0.5, 0.6) is 0 Å². The summed E-state index contributed by atoms with van der Waals surface area (Å²) in [7, 11) is 1.95. The van der Waals surface area contributed by atoms with E-state index in [0.29, 0.717) is 25.5 Å².